The number of nitrogens with zero attached hydrogens (tertiary/aromatic N) is 6. The van der Waals surface area contributed by atoms with E-state index < -0.39 is 0 Å². The Hall–Kier alpha value is -3.53. The van der Waals surface area contributed by atoms with Crippen molar-refractivity contribution in [1.29, 1.82) is 0 Å². The molecule has 28 heavy (non-hydrogen) atoms. The molecule has 0 spiro atoms. The SMILES string of the molecule is Cc1cc(NC2=CN(Sc3ccc(-c4nnco4)cc3)Cc3nccn32)n[nH]1. The third-order valence-corrected chi connectivity index (χ3v) is 5.14. The smallest absolute Gasteiger partial charge is 0.247 e. The average Bonchev–Trinajstić information content (AvgIpc) is 3.44. The number of aromatic nitrogens is 6. The zero-order valence-corrected chi connectivity index (χ0v) is 15.7. The number of hydrogen-bond donors (Lipinski definition) is 2. The van der Waals surface area contributed by atoms with Gasteiger partial charge in [-0.2, -0.15) is 5.10 Å². The van der Waals surface area contributed by atoms with E-state index in [-0.39, 0.29) is 0 Å². The molecule has 5 rings (SSSR count). The third-order valence-electron chi connectivity index (χ3n) is 4.19. The Labute approximate surface area is 164 Å². The molecule has 0 atom stereocenters. The second-order valence-electron chi connectivity index (χ2n) is 6.22. The van der Waals surface area contributed by atoms with Gasteiger partial charge in [0.1, 0.15) is 11.6 Å². The number of benzene rings is 1. The third kappa shape index (κ3) is 3.25. The van der Waals surface area contributed by atoms with Crippen LogP contribution in [0.1, 0.15) is 11.5 Å². The van der Waals surface area contributed by atoms with E-state index in [0.29, 0.717) is 12.4 Å². The lowest BCUT2D eigenvalue weighted by Gasteiger charge is -2.26. The number of anilines is 1. The molecule has 4 heterocycles. The maximum absolute atomic E-state index is 5.24. The lowest BCUT2D eigenvalue weighted by Crippen LogP contribution is -2.23. The van der Waals surface area contributed by atoms with Gasteiger partial charge in [0.15, 0.2) is 5.82 Å². The maximum atomic E-state index is 5.24. The van der Waals surface area contributed by atoms with Gasteiger partial charge >= 0.3 is 0 Å². The van der Waals surface area contributed by atoms with Crippen LogP contribution in [0.2, 0.25) is 0 Å². The quantitative estimate of drug-likeness (QED) is 0.499. The summed E-state index contributed by atoms with van der Waals surface area (Å²) in [4.78, 5) is 5.56. The molecule has 0 radical (unpaired) electrons. The molecular weight excluding hydrogens is 376 g/mol. The highest BCUT2D eigenvalue weighted by atomic mass is 32.2. The maximum Gasteiger partial charge on any atom is 0.247 e. The normalized spacial score (nSPS) is 13.3. The van der Waals surface area contributed by atoms with Gasteiger partial charge in [0.25, 0.3) is 0 Å². The minimum Gasteiger partial charge on any atom is -0.423 e. The van der Waals surface area contributed by atoms with E-state index >= 15 is 0 Å². The Balaban J connectivity index is 1.36. The number of rotatable bonds is 5. The Morgan fingerprint density at radius 3 is 2.89 bits per heavy atom. The van der Waals surface area contributed by atoms with Gasteiger partial charge < -0.3 is 14.0 Å². The molecule has 1 aromatic carbocycles. The standard InChI is InChI=1S/C18H16N8OS/c1-12-8-15(23-22-12)21-17-10-25(9-16-19-6-7-26(16)17)28-14-4-2-13(3-5-14)18-24-20-11-27-18/h2-8,10-11H,9H2,1H3,(H2,21,22,23). The van der Waals surface area contributed by atoms with Crippen LogP contribution in [0.15, 0.2) is 64.6 Å². The van der Waals surface area contributed by atoms with Crippen LogP contribution in [0.3, 0.4) is 0 Å². The van der Waals surface area contributed by atoms with E-state index in [1.165, 1.54) is 6.39 Å². The van der Waals surface area contributed by atoms with Gasteiger partial charge in [-0.05, 0) is 43.1 Å². The number of imidazole rings is 1. The predicted molar refractivity (Wildman–Crippen MR) is 105 cm³/mol. The van der Waals surface area contributed by atoms with Crippen molar-refractivity contribution in [1.82, 2.24) is 34.3 Å². The van der Waals surface area contributed by atoms with E-state index in [9.17, 15) is 0 Å². The molecule has 0 aliphatic carbocycles. The van der Waals surface area contributed by atoms with Gasteiger partial charge in [0.05, 0.1) is 12.7 Å². The van der Waals surface area contributed by atoms with Gasteiger partial charge in [-0.25, -0.2) is 4.98 Å². The van der Waals surface area contributed by atoms with Crippen LogP contribution in [0.5, 0.6) is 0 Å². The van der Waals surface area contributed by atoms with Gasteiger partial charge in [-0.1, -0.05) is 0 Å². The van der Waals surface area contributed by atoms with Crippen molar-refractivity contribution >= 4 is 23.6 Å². The molecular formula is C18H16N8OS. The van der Waals surface area contributed by atoms with Crippen molar-refractivity contribution in [3.8, 4) is 11.5 Å². The van der Waals surface area contributed by atoms with Crippen molar-refractivity contribution in [2.75, 3.05) is 5.32 Å². The monoisotopic (exact) mass is 392 g/mol. The van der Waals surface area contributed by atoms with Crippen molar-refractivity contribution in [2.24, 2.45) is 0 Å². The zero-order valence-electron chi connectivity index (χ0n) is 14.9. The summed E-state index contributed by atoms with van der Waals surface area (Å²) < 4.78 is 9.39. The van der Waals surface area contributed by atoms with Crippen molar-refractivity contribution in [3.63, 3.8) is 0 Å². The molecule has 0 bridgehead atoms. The van der Waals surface area contributed by atoms with E-state index in [1.807, 2.05) is 48.0 Å². The fraction of sp³-hybridized carbons (Fsp3) is 0.111. The fourth-order valence-corrected chi connectivity index (χ4v) is 3.77. The molecule has 0 unspecified atom stereocenters. The second-order valence-corrected chi connectivity index (χ2v) is 7.35. The summed E-state index contributed by atoms with van der Waals surface area (Å²) in [6.45, 7) is 2.66. The molecule has 0 saturated heterocycles. The summed E-state index contributed by atoms with van der Waals surface area (Å²) in [6, 6.07) is 9.96. The number of H-pyrrole nitrogens is 1. The van der Waals surface area contributed by atoms with Gasteiger partial charge in [-0.3, -0.25) is 9.67 Å². The van der Waals surface area contributed by atoms with Crippen molar-refractivity contribution < 1.29 is 4.42 Å². The van der Waals surface area contributed by atoms with E-state index in [4.69, 9.17) is 4.42 Å². The molecule has 3 aromatic heterocycles. The largest absolute Gasteiger partial charge is 0.423 e. The molecule has 2 N–H and O–H groups in total. The number of aromatic amines is 1. The van der Waals surface area contributed by atoms with Crippen LogP contribution in [0.25, 0.3) is 17.3 Å². The average molecular weight is 392 g/mol. The Morgan fingerprint density at radius 2 is 2.14 bits per heavy atom. The molecule has 0 fully saturated rings. The molecule has 140 valence electrons. The van der Waals surface area contributed by atoms with Gasteiger partial charge in [-0.15, -0.1) is 10.2 Å². The highest BCUT2D eigenvalue weighted by molar-refractivity contribution is 7.97. The van der Waals surface area contributed by atoms with Crippen LogP contribution >= 0.6 is 11.9 Å². The Kier molecular flexibility index (Phi) is 4.09. The number of hydrogen-bond acceptors (Lipinski definition) is 8. The van der Waals surface area contributed by atoms with Crippen LogP contribution in [0.4, 0.5) is 5.82 Å². The topological polar surface area (TPSA) is 101 Å². The van der Waals surface area contributed by atoms with E-state index in [1.54, 1.807) is 18.1 Å². The Bertz CT molecular complexity index is 1110. The minimum atomic E-state index is 0.511. The fourth-order valence-electron chi connectivity index (χ4n) is 2.91. The first-order valence-corrected chi connectivity index (χ1v) is 9.36. The summed E-state index contributed by atoms with van der Waals surface area (Å²) in [5.41, 5.74) is 1.89. The minimum absolute atomic E-state index is 0.511. The number of nitrogens with one attached hydrogen (secondary N) is 2. The van der Waals surface area contributed by atoms with E-state index in [2.05, 4.69) is 41.2 Å². The van der Waals surface area contributed by atoms with Crippen molar-refractivity contribution in [2.45, 2.75) is 18.4 Å². The van der Waals surface area contributed by atoms with Crippen LogP contribution in [-0.4, -0.2) is 34.3 Å². The molecule has 1 aliphatic rings. The van der Waals surface area contributed by atoms with Gasteiger partial charge in [0.2, 0.25) is 12.3 Å². The summed E-state index contributed by atoms with van der Waals surface area (Å²) in [5, 5.41) is 18.2. The van der Waals surface area contributed by atoms with Gasteiger partial charge in [0, 0.05) is 34.6 Å². The summed E-state index contributed by atoms with van der Waals surface area (Å²) >= 11 is 1.63. The second kappa shape index (κ2) is 6.89. The van der Waals surface area contributed by atoms with Crippen molar-refractivity contribution in [3.05, 3.63) is 66.8 Å². The molecule has 0 saturated carbocycles. The molecule has 0 amide bonds. The van der Waals surface area contributed by atoms with E-state index in [0.717, 1.165) is 33.6 Å². The Morgan fingerprint density at radius 1 is 1.25 bits per heavy atom. The zero-order chi connectivity index (χ0) is 18.9. The lowest BCUT2D eigenvalue weighted by molar-refractivity contribution is 0.562. The first-order chi connectivity index (χ1) is 13.7. The number of fused-ring (bicyclic) bond motifs is 1. The summed E-state index contributed by atoms with van der Waals surface area (Å²) in [5.74, 6) is 3.11. The number of aryl methyl sites for hydroxylation is 1. The highest BCUT2D eigenvalue weighted by Gasteiger charge is 2.19. The molecule has 1 aliphatic heterocycles. The predicted octanol–water partition coefficient (Wildman–Crippen LogP) is 3.36. The van der Waals surface area contributed by atoms with Crippen LogP contribution in [0, 0.1) is 6.92 Å². The summed E-state index contributed by atoms with van der Waals surface area (Å²) in [6.07, 6.45) is 7.12. The first-order valence-electron chi connectivity index (χ1n) is 8.59. The summed E-state index contributed by atoms with van der Waals surface area (Å²) in [7, 11) is 0. The molecule has 4 aromatic rings. The first kappa shape index (κ1) is 16.6. The van der Waals surface area contributed by atoms with Crippen LogP contribution in [-0.2, 0) is 6.54 Å². The van der Waals surface area contributed by atoms with Crippen LogP contribution < -0.4 is 5.32 Å². The lowest BCUT2D eigenvalue weighted by atomic mass is 10.2. The highest BCUT2D eigenvalue weighted by Crippen LogP contribution is 2.31. The molecule has 10 heteroatoms. The molecule has 9 nitrogen and oxygen atoms in total.